The molecule has 2 amide bonds. The van der Waals surface area contributed by atoms with Gasteiger partial charge in [-0.15, -0.1) is 0 Å². The first-order valence-electron chi connectivity index (χ1n) is 10.9. The molecule has 0 unspecified atom stereocenters. The van der Waals surface area contributed by atoms with Crippen LogP contribution in [0, 0.1) is 6.92 Å². The molecule has 160 valence electrons. The number of carbonyl (C=O) groups is 2. The molecule has 1 N–H and O–H groups in total. The summed E-state index contributed by atoms with van der Waals surface area (Å²) in [6.45, 7) is 4.29. The van der Waals surface area contributed by atoms with E-state index in [1.54, 1.807) is 4.90 Å². The molecule has 2 aromatic rings. The Morgan fingerprint density at radius 1 is 1.13 bits per heavy atom. The van der Waals surface area contributed by atoms with Crippen molar-refractivity contribution >= 4 is 23.4 Å². The number of nitrogens with zero attached hydrogens (tertiary/aromatic N) is 1. The van der Waals surface area contributed by atoms with Gasteiger partial charge in [0.05, 0.1) is 6.42 Å². The van der Waals surface area contributed by atoms with E-state index in [0.29, 0.717) is 18.0 Å². The first-order chi connectivity index (χ1) is 14.5. The molecule has 0 heterocycles. The molecular weight excluding hydrogens is 396 g/mol. The zero-order valence-electron chi connectivity index (χ0n) is 17.9. The van der Waals surface area contributed by atoms with E-state index in [4.69, 9.17) is 11.6 Å². The Morgan fingerprint density at radius 2 is 1.87 bits per heavy atom. The SMILES string of the molecule is CC[C@@H](C(=O)NC1CCCC1)N(Cc1ccccc1Cl)C(=O)Cc1cccc(C)c1. The van der Waals surface area contributed by atoms with E-state index in [9.17, 15) is 9.59 Å². The fourth-order valence-corrected chi connectivity index (χ4v) is 4.39. The van der Waals surface area contributed by atoms with Gasteiger partial charge in [-0.25, -0.2) is 0 Å². The maximum atomic E-state index is 13.4. The standard InChI is InChI=1S/C25H31ClN2O2/c1-3-23(25(30)27-21-12-5-6-13-21)28(17-20-11-4-7-14-22(20)26)24(29)16-19-10-8-9-18(2)15-19/h4,7-11,14-15,21,23H,3,5-6,12-13,16-17H2,1-2H3,(H,27,30)/t23-/m0/s1. The summed E-state index contributed by atoms with van der Waals surface area (Å²) >= 11 is 6.38. The molecule has 3 rings (SSSR count). The first-order valence-corrected chi connectivity index (χ1v) is 11.2. The Kier molecular flexibility index (Phi) is 7.92. The highest BCUT2D eigenvalue weighted by Crippen LogP contribution is 2.22. The number of aryl methyl sites for hydroxylation is 1. The summed E-state index contributed by atoms with van der Waals surface area (Å²) in [4.78, 5) is 28.2. The smallest absolute Gasteiger partial charge is 0.243 e. The van der Waals surface area contributed by atoms with Gasteiger partial charge in [0.15, 0.2) is 0 Å². The number of amides is 2. The zero-order valence-corrected chi connectivity index (χ0v) is 18.6. The van der Waals surface area contributed by atoms with Gasteiger partial charge < -0.3 is 10.2 Å². The number of carbonyl (C=O) groups excluding carboxylic acids is 2. The molecule has 1 saturated carbocycles. The molecule has 0 bridgehead atoms. The third kappa shape index (κ3) is 5.85. The van der Waals surface area contributed by atoms with Gasteiger partial charge in [-0.2, -0.15) is 0 Å². The van der Waals surface area contributed by atoms with Crippen molar-refractivity contribution in [1.29, 1.82) is 0 Å². The average Bonchev–Trinajstić information content (AvgIpc) is 3.22. The van der Waals surface area contributed by atoms with Crippen LogP contribution >= 0.6 is 11.6 Å². The van der Waals surface area contributed by atoms with Crippen LogP contribution in [0.5, 0.6) is 0 Å². The summed E-state index contributed by atoms with van der Waals surface area (Å²) in [5.74, 6) is -0.122. The molecule has 1 aliphatic rings. The van der Waals surface area contributed by atoms with E-state index in [0.717, 1.165) is 42.4 Å². The molecule has 1 aliphatic carbocycles. The van der Waals surface area contributed by atoms with Gasteiger partial charge in [0, 0.05) is 17.6 Å². The molecule has 0 saturated heterocycles. The normalized spacial score (nSPS) is 15.0. The number of nitrogens with one attached hydrogen (secondary N) is 1. The maximum Gasteiger partial charge on any atom is 0.243 e. The number of hydrogen-bond donors (Lipinski definition) is 1. The molecule has 1 fully saturated rings. The van der Waals surface area contributed by atoms with Gasteiger partial charge in [0.1, 0.15) is 6.04 Å². The maximum absolute atomic E-state index is 13.4. The van der Waals surface area contributed by atoms with Crippen LogP contribution in [0.15, 0.2) is 48.5 Å². The predicted molar refractivity (Wildman–Crippen MR) is 121 cm³/mol. The quantitative estimate of drug-likeness (QED) is 0.641. The second kappa shape index (κ2) is 10.6. The Balaban J connectivity index is 1.83. The molecule has 1 atom stereocenters. The van der Waals surface area contributed by atoms with Gasteiger partial charge in [-0.05, 0) is 43.4 Å². The highest BCUT2D eigenvalue weighted by atomic mass is 35.5. The minimum Gasteiger partial charge on any atom is -0.352 e. The van der Waals surface area contributed by atoms with Crippen molar-refractivity contribution < 1.29 is 9.59 Å². The first kappa shape index (κ1) is 22.4. The second-order valence-corrected chi connectivity index (χ2v) is 8.60. The van der Waals surface area contributed by atoms with Crippen molar-refractivity contribution in [3.63, 3.8) is 0 Å². The van der Waals surface area contributed by atoms with Gasteiger partial charge in [-0.1, -0.05) is 79.4 Å². The van der Waals surface area contributed by atoms with Crippen molar-refractivity contribution in [2.75, 3.05) is 0 Å². The van der Waals surface area contributed by atoms with Gasteiger partial charge in [-0.3, -0.25) is 9.59 Å². The largest absolute Gasteiger partial charge is 0.352 e. The Morgan fingerprint density at radius 3 is 2.53 bits per heavy atom. The van der Waals surface area contributed by atoms with E-state index in [1.165, 1.54) is 0 Å². The summed E-state index contributed by atoms with van der Waals surface area (Å²) in [5.41, 5.74) is 2.92. The lowest BCUT2D eigenvalue weighted by Crippen LogP contribution is -2.51. The predicted octanol–water partition coefficient (Wildman–Crippen LogP) is 5.06. The summed E-state index contributed by atoms with van der Waals surface area (Å²) < 4.78 is 0. The molecule has 0 aliphatic heterocycles. The number of benzene rings is 2. The summed E-state index contributed by atoms with van der Waals surface area (Å²) in [7, 11) is 0. The van der Waals surface area contributed by atoms with E-state index in [1.807, 2.05) is 62.4 Å². The fourth-order valence-electron chi connectivity index (χ4n) is 4.20. The lowest BCUT2D eigenvalue weighted by molar-refractivity contribution is -0.141. The number of rotatable bonds is 8. The molecular formula is C25H31ClN2O2. The van der Waals surface area contributed by atoms with Crippen LogP contribution in [0.3, 0.4) is 0 Å². The van der Waals surface area contributed by atoms with Crippen LogP contribution in [-0.4, -0.2) is 28.8 Å². The van der Waals surface area contributed by atoms with Crippen LogP contribution in [0.1, 0.15) is 55.7 Å². The van der Waals surface area contributed by atoms with E-state index < -0.39 is 6.04 Å². The third-order valence-corrected chi connectivity index (χ3v) is 6.19. The average molecular weight is 427 g/mol. The molecule has 5 heteroatoms. The number of halogens is 1. The Bertz CT molecular complexity index is 877. The third-order valence-electron chi connectivity index (χ3n) is 5.82. The lowest BCUT2D eigenvalue weighted by atomic mass is 10.0. The topological polar surface area (TPSA) is 49.4 Å². The Hall–Kier alpha value is -2.33. The minimum absolute atomic E-state index is 0.0611. The second-order valence-electron chi connectivity index (χ2n) is 8.19. The van der Waals surface area contributed by atoms with Gasteiger partial charge in [0.25, 0.3) is 0 Å². The molecule has 0 radical (unpaired) electrons. The highest BCUT2D eigenvalue weighted by molar-refractivity contribution is 6.31. The summed E-state index contributed by atoms with van der Waals surface area (Å²) in [6.07, 6.45) is 5.16. The zero-order chi connectivity index (χ0) is 21.5. The van der Waals surface area contributed by atoms with E-state index in [-0.39, 0.29) is 24.3 Å². The van der Waals surface area contributed by atoms with Crippen LogP contribution in [0.4, 0.5) is 0 Å². The minimum atomic E-state index is -0.515. The lowest BCUT2D eigenvalue weighted by Gasteiger charge is -2.32. The van der Waals surface area contributed by atoms with E-state index >= 15 is 0 Å². The molecule has 0 aromatic heterocycles. The molecule has 2 aromatic carbocycles. The number of hydrogen-bond acceptors (Lipinski definition) is 2. The van der Waals surface area contributed by atoms with Gasteiger partial charge in [0.2, 0.25) is 11.8 Å². The van der Waals surface area contributed by atoms with Crippen LogP contribution in [-0.2, 0) is 22.6 Å². The van der Waals surface area contributed by atoms with Crippen molar-refractivity contribution in [3.8, 4) is 0 Å². The molecule has 4 nitrogen and oxygen atoms in total. The Labute approximate surface area is 184 Å². The fraction of sp³-hybridized carbons (Fsp3) is 0.440. The van der Waals surface area contributed by atoms with E-state index in [2.05, 4.69) is 5.32 Å². The molecule has 30 heavy (non-hydrogen) atoms. The van der Waals surface area contributed by atoms with Crippen molar-refractivity contribution in [3.05, 3.63) is 70.2 Å². The van der Waals surface area contributed by atoms with Crippen molar-refractivity contribution in [1.82, 2.24) is 10.2 Å². The summed E-state index contributed by atoms with van der Waals surface area (Å²) in [6, 6.07) is 15.2. The monoisotopic (exact) mass is 426 g/mol. The van der Waals surface area contributed by atoms with Crippen molar-refractivity contribution in [2.45, 2.75) is 71.0 Å². The summed E-state index contributed by atoms with van der Waals surface area (Å²) in [5, 5.41) is 3.78. The van der Waals surface area contributed by atoms with Crippen molar-refractivity contribution in [2.24, 2.45) is 0 Å². The van der Waals surface area contributed by atoms with Gasteiger partial charge >= 0.3 is 0 Å². The molecule has 0 spiro atoms. The van der Waals surface area contributed by atoms with Crippen LogP contribution in [0.25, 0.3) is 0 Å². The van der Waals surface area contributed by atoms with Crippen LogP contribution < -0.4 is 5.32 Å². The van der Waals surface area contributed by atoms with Crippen LogP contribution in [0.2, 0.25) is 5.02 Å². The highest BCUT2D eigenvalue weighted by Gasteiger charge is 2.30.